The van der Waals surface area contributed by atoms with Gasteiger partial charge in [-0.1, -0.05) is 18.2 Å². The number of H-pyrrole nitrogens is 1. The van der Waals surface area contributed by atoms with E-state index in [0.717, 1.165) is 36.0 Å². The zero-order chi connectivity index (χ0) is 15.7. The molecule has 6 heteroatoms. The largest absolute Gasteiger partial charge is 0.355 e. The molecule has 2 aromatic heterocycles. The Labute approximate surface area is 133 Å². The molecular weight excluding hydrogens is 290 g/mol. The van der Waals surface area contributed by atoms with E-state index in [0.29, 0.717) is 13.0 Å². The van der Waals surface area contributed by atoms with E-state index in [1.165, 1.54) is 0 Å². The summed E-state index contributed by atoms with van der Waals surface area (Å²) in [4.78, 5) is 12.2. The first kappa shape index (κ1) is 14.0. The number of hydrogen-bond donors (Lipinski definition) is 2. The van der Waals surface area contributed by atoms with Crippen LogP contribution >= 0.6 is 0 Å². The number of hydrogen-bond acceptors (Lipinski definition) is 3. The fourth-order valence-corrected chi connectivity index (χ4v) is 2.96. The number of benzene rings is 1. The molecule has 0 unspecified atom stereocenters. The summed E-state index contributed by atoms with van der Waals surface area (Å²) >= 11 is 0. The Balaban J connectivity index is 1.35. The molecule has 1 fully saturated rings. The molecule has 1 aromatic carbocycles. The average Bonchev–Trinajstić information content (AvgIpc) is 2.96. The Bertz CT molecular complexity index is 817. The van der Waals surface area contributed by atoms with E-state index < -0.39 is 0 Å². The van der Waals surface area contributed by atoms with Crippen LogP contribution in [0.3, 0.4) is 0 Å². The highest BCUT2D eigenvalue weighted by Gasteiger charge is 2.43. The van der Waals surface area contributed by atoms with Crippen molar-refractivity contribution in [1.82, 2.24) is 25.3 Å². The van der Waals surface area contributed by atoms with Crippen LogP contribution in [-0.4, -0.2) is 32.4 Å². The zero-order valence-electron chi connectivity index (χ0n) is 12.8. The average molecular weight is 309 g/mol. The Hall–Kier alpha value is -2.63. The molecular formula is C17H19N5O. The number of fused-ring (bicyclic) bond motifs is 1. The van der Waals surface area contributed by atoms with Crippen LogP contribution in [0.1, 0.15) is 18.5 Å². The highest BCUT2D eigenvalue weighted by Crippen LogP contribution is 2.46. The number of amides is 1. The van der Waals surface area contributed by atoms with Gasteiger partial charge < -0.3 is 5.32 Å². The molecule has 0 saturated heterocycles. The molecule has 6 nitrogen and oxygen atoms in total. The van der Waals surface area contributed by atoms with E-state index in [1.807, 2.05) is 41.2 Å². The van der Waals surface area contributed by atoms with Crippen molar-refractivity contribution in [2.75, 3.05) is 6.54 Å². The van der Waals surface area contributed by atoms with Gasteiger partial charge in [0.25, 0.3) is 0 Å². The first-order chi connectivity index (χ1) is 11.2. The third kappa shape index (κ3) is 2.97. The van der Waals surface area contributed by atoms with Crippen LogP contribution in [0.25, 0.3) is 10.9 Å². The Morgan fingerprint density at radius 1 is 1.30 bits per heavy atom. The fraction of sp³-hybridized carbons (Fsp3) is 0.353. The van der Waals surface area contributed by atoms with E-state index in [4.69, 9.17) is 0 Å². The van der Waals surface area contributed by atoms with Gasteiger partial charge in [0.1, 0.15) is 0 Å². The quantitative estimate of drug-likeness (QED) is 0.730. The van der Waals surface area contributed by atoms with Crippen LogP contribution in [0.2, 0.25) is 0 Å². The molecule has 2 heterocycles. The molecule has 0 radical (unpaired) electrons. The van der Waals surface area contributed by atoms with E-state index in [9.17, 15) is 4.79 Å². The molecule has 4 rings (SSSR count). The fourth-order valence-electron chi connectivity index (χ4n) is 2.96. The summed E-state index contributed by atoms with van der Waals surface area (Å²) in [5.41, 5.74) is 1.94. The molecule has 0 aliphatic heterocycles. The molecule has 1 amide bonds. The predicted octanol–water partition coefficient (Wildman–Crippen LogP) is 1.90. The van der Waals surface area contributed by atoms with Crippen molar-refractivity contribution < 1.29 is 4.79 Å². The topological polar surface area (TPSA) is 75.6 Å². The molecule has 3 aromatic rings. The second-order valence-electron chi connectivity index (χ2n) is 6.38. The minimum absolute atomic E-state index is 0.0335. The molecule has 0 spiro atoms. The first-order valence-electron chi connectivity index (χ1n) is 7.90. The summed E-state index contributed by atoms with van der Waals surface area (Å²) < 4.78 is 1.95. The third-order valence-electron chi connectivity index (χ3n) is 4.55. The van der Waals surface area contributed by atoms with E-state index in [-0.39, 0.29) is 11.3 Å². The van der Waals surface area contributed by atoms with Gasteiger partial charge in [0.15, 0.2) is 0 Å². The normalized spacial score (nSPS) is 15.7. The molecule has 0 bridgehead atoms. The summed E-state index contributed by atoms with van der Waals surface area (Å²) in [6.45, 7) is 1.57. The van der Waals surface area contributed by atoms with Gasteiger partial charge in [-0.05, 0) is 25.0 Å². The molecule has 1 saturated carbocycles. The van der Waals surface area contributed by atoms with Crippen molar-refractivity contribution in [2.45, 2.75) is 25.8 Å². The van der Waals surface area contributed by atoms with Crippen molar-refractivity contribution in [1.29, 1.82) is 0 Å². The minimum Gasteiger partial charge on any atom is -0.355 e. The second-order valence-corrected chi connectivity index (χ2v) is 6.38. The van der Waals surface area contributed by atoms with Crippen molar-refractivity contribution in [3.8, 4) is 0 Å². The van der Waals surface area contributed by atoms with Crippen molar-refractivity contribution in [3.05, 3.63) is 48.4 Å². The standard InChI is InChI=1S/C17H19N5O/c23-16(10-15-13-4-1-2-5-14(13)20-21-15)18-11-17(6-7-17)12-22-9-3-8-19-22/h1-5,8-9H,6-7,10-12H2,(H,18,23)(H,20,21). The van der Waals surface area contributed by atoms with Crippen molar-refractivity contribution >= 4 is 16.8 Å². The summed E-state index contributed by atoms with van der Waals surface area (Å²) in [6.07, 6.45) is 6.37. The lowest BCUT2D eigenvalue weighted by Crippen LogP contribution is -2.33. The second kappa shape index (κ2) is 5.53. The molecule has 1 aliphatic carbocycles. The van der Waals surface area contributed by atoms with Crippen LogP contribution in [0, 0.1) is 5.41 Å². The van der Waals surface area contributed by atoms with E-state index in [2.05, 4.69) is 20.6 Å². The lowest BCUT2D eigenvalue weighted by molar-refractivity contribution is -0.120. The van der Waals surface area contributed by atoms with E-state index >= 15 is 0 Å². The first-order valence-corrected chi connectivity index (χ1v) is 7.90. The number of carbonyl (C=O) groups excluding carboxylic acids is 1. The number of aromatic nitrogens is 4. The van der Waals surface area contributed by atoms with E-state index in [1.54, 1.807) is 6.20 Å². The number of rotatable bonds is 6. The number of nitrogens with zero attached hydrogens (tertiary/aromatic N) is 3. The highest BCUT2D eigenvalue weighted by atomic mass is 16.1. The number of nitrogens with one attached hydrogen (secondary N) is 2. The summed E-state index contributed by atoms with van der Waals surface area (Å²) in [5.74, 6) is 0.0335. The van der Waals surface area contributed by atoms with Crippen LogP contribution in [0.15, 0.2) is 42.7 Å². The van der Waals surface area contributed by atoms with Gasteiger partial charge in [-0.2, -0.15) is 10.2 Å². The van der Waals surface area contributed by atoms with Gasteiger partial charge in [0, 0.05) is 36.3 Å². The monoisotopic (exact) mass is 309 g/mol. The van der Waals surface area contributed by atoms with Crippen molar-refractivity contribution in [3.63, 3.8) is 0 Å². The van der Waals surface area contributed by atoms with Crippen LogP contribution < -0.4 is 5.32 Å². The Kier molecular flexibility index (Phi) is 3.37. The lowest BCUT2D eigenvalue weighted by Gasteiger charge is -2.16. The van der Waals surface area contributed by atoms with Crippen molar-refractivity contribution in [2.24, 2.45) is 5.41 Å². The summed E-state index contributed by atoms with van der Waals surface area (Å²) in [6, 6.07) is 9.76. The van der Waals surface area contributed by atoms with Gasteiger partial charge in [-0.15, -0.1) is 0 Å². The maximum Gasteiger partial charge on any atom is 0.226 e. The highest BCUT2D eigenvalue weighted by molar-refractivity contribution is 5.87. The van der Waals surface area contributed by atoms with Crippen LogP contribution in [-0.2, 0) is 17.8 Å². The molecule has 1 aliphatic rings. The number of aromatic amines is 1. The zero-order valence-corrected chi connectivity index (χ0v) is 12.8. The summed E-state index contributed by atoms with van der Waals surface area (Å²) in [5, 5.41) is 15.5. The SMILES string of the molecule is O=C(Cc1[nH]nc2ccccc12)NCC1(Cn2cccn2)CC1. The molecule has 23 heavy (non-hydrogen) atoms. The van der Waals surface area contributed by atoms with Gasteiger partial charge in [-0.3, -0.25) is 14.6 Å². The van der Waals surface area contributed by atoms with Gasteiger partial charge in [-0.25, -0.2) is 0 Å². The number of para-hydroxylation sites is 1. The Morgan fingerprint density at radius 3 is 2.96 bits per heavy atom. The molecule has 0 atom stereocenters. The third-order valence-corrected chi connectivity index (χ3v) is 4.55. The van der Waals surface area contributed by atoms with Gasteiger partial charge in [0.2, 0.25) is 5.91 Å². The molecule has 2 N–H and O–H groups in total. The number of carbonyl (C=O) groups is 1. The summed E-state index contributed by atoms with van der Waals surface area (Å²) in [7, 11) is 0. The predicted molar refractivity (Wildman–Crippen MR) is 86.7 cm³/mol. The maximum atomic E-state index is 12.2. The lowest BCUT2D eigenvalue weighted by atomic mass is 10.1. The smallest absolute Gasteiger partial charge is 0.226 e. The van der Waals surface area contributed by atoms with Crippen LogP contribution in [0.4, 0.5) is 0 Å². The minimum atomic E-state index is 0.0335. The van der Waals surface area contributed by atoms with Gasteiger partial charge >= 0.3 is 0 Å². The van der Waals surface area contributed by atoms with Crippen LogP contribution in [0.5, 0.6) is 0 Å². The Morgan fingerprint density at radius 2 is 2.17 bits per heavy atom. The molecule has 118 valence electrons. The van der Waals surface area contributed by atoms with Gasteiger partial charge in [0.05, 0.1) is 17.6 Å². The maximum absolute atomic E-state index is 12.2.